The summed E-state index contributed by atoms with van der Waals surface area (Å²) in [4.78, 5) is 26.8. The molecule has 0 fully saturated rings. The molecule has 1 heterocycles. The first-order valence-corrected chi connectivity index (χ1v) is 6.64. The van der Waals surface area contributed by atoms with Crippen LogP contribution in [0.15, 0.2) is 18.3 Å². The van der Waals surface area contributed by atoms with Crippen molar-refractivity contribution in [3.63, 3.8) is 0 Å². The average Bonchev–Trinajstić information content (AvgIpc) is 2.46. The molecule has 0 spiro atoms. The zero-order valence-electron chi connectivity index (χ0n) is 12.1. The number of nitrogens with zero attached hydrogens (tertiary/aromatic N) is 1. The summed E-state index contributed by atoms with van der Waals surface area (Å²) < 4.78 is 4.60. The van der Waals surface area contributed by atoms with Gasteiger partial charge in [-0.15, -0.1) is 0 Å². The molecule has 0 aliphatic carbocycles. The van der Waals surface area contributed by atoms with Crippen LogP contribution in [0.3, 0.4) is 0 Å². The number of esters is 1. The van der Waals surface area contributed by atoms with Gasteiger partial charge in [0.25, 0.3) is 0 Å². The Morgan fingerprint density at radius 3 is 2.85 bits per heavy atom. The van der Waals surface area contributed by atoms with Crippen LogP contribution in [0.2, 0.25) is 0 Å². The number of nitrogens with one attached hydrogen (secondary N) is 2. The second-order valence-electron chi connectivity index (χ2n) is 4.47. The third-order valence-corrected chi connectivity index (χ3v) is 2.86. The number of pyridine rings is 1. The minimum Gasteiger partial charge on any atom is -0.464 e. The van der Waals surface area contributed by atoms with Gasteiger partial charge in [0, 0.05) is 30.9 Å². The van der Waals surface area contributed by atoms with Crippen molar-refractivity contribution in [3.8, 4) is 0 Å². The Morgan fingerprint density at radius 1 is 1.45 bits per heavy atom. The summed E-state index contributed by atoms with van der Waals surface area (Å²) in [6.07, 6.45) is 2.81. The van der Waals surface area contributed by atoms with E-state index in [1.807, 2.05) is 13.8 Å². The lowest BCUT2D eigenvalue weighted by Crippen LogP contribution is -2.32. The predicted octanol–water partition coefficient (Wildman–Crippen LogP) is 1.58. The van der Waals surface area contributed by atoms with Gasteiger partial charge in [0.05, 0.1) is 7.11 Å². The fraction of sp³-hybridized carbons (Fsp3) is 0.500. The predicted molar refractivity (Wildman–Crippen MR) is 76.6 cm³/mol. The quantitative estimate of drug-likeness (QED) is 0.741. The summed E-state index contributed by atoms with van der Waals surface area (Å²) in [6.45, 7) is 4.48. The van der Waals surface area contributed by atoms with Crippen molar-refractivity contribution in [2.45, 2.75) is 32.7 Å². The van der Waals surface area contributed by atoms with Crippen LogP contribution in [-0.4, -0.2) is 36.6 Å². The molecule has 6 heteroatoms. The van der Waals surface area contributed by atoms with Crippen LogP contribution in [0, 0.1) is 0 Å². The Balaban J connectivity index is 2.42. The number of hydrogen-bond acceptors (Lipinski definition) is 5. The number of hydrogen-bond donors (Lipinski definition) is 2. The number of aromatic nitrogens is 1. The van der Waals surface area contributed by atoms with Gasteiger partial charge in [0.1, 0.15) is 5.69 Å². The van der Waals surface area contributed by atoms with Gasteiger partial charge in [-0.25, -0.2) is 9.78 Å². The van der Waals surface area contributed by atoms with Gasteiger partial charge in [0.2, 0.25) is 5.91 Å². The van der Waals surface area contributed by atoms with E-state index in [4.69, 9.17) is 0 Å². The van der Waals surface area contributed by atoms with E-state index in [9.17, 15) is 9.59 Å². The molecular formula is C14H21N3O3. The second-order valence-corrected chi connectivity index (χ2v) is 4.47. The van der Waals surface area contributed by atoms with Gasteiger partial charge in [-0.2, -0.15) is 0 Å². The maximum Gasteiger partial charge on any atom is 0.356 e. The van der Waals surface area contributed by atoms with E-state index in [1.165, 1.54) is 13.3 Å². The molecule has 1 rings (SSSR count). The third kappa shape index (κ3) is 5.26. The summed E-state index contributed by atoms with van der Waals surface area (Å²) in [5.41, 5.74) is 0.971. The highest BCUT2D eigenvalue weighted by atomic mass is 16.5. The maximum atomic E-state index is 11.6. The van der Waals surface area contributed by atoms with Crippen molar-refractivity contribution in [2.75, 3.05) is 19.0 Å². The molecule has 0 aromatic carbocycles. The minimum atomic E-state index is -0.483. The molecule has 110 valence electrons. The second kappa shape index (κ2) is 8.14. The van der Waals surface area contributed by atoms with E-state index >= 15 is 0 Å². The fourth-order valence-corrected chi connectivity index (χ4v) is 1.53. The molecule has 0 aliphatic heterocycles. The van der Waals surface area contributed by atoms with Crippen LogP contribution in [0.1, 0.15) is 37.2 Å². The molecule has 1 unspecified atom stereocenters. The zero-order chi connectivity index (χ0) is 15.0. The number of ether oxygens (including phenoxy) is 1. The topological polar surface area (TPSA) is 80.3 Å². The Kier molecular flexibility index (Phi) is 6.49. The van der Waals surface area contributed by atoms with Crippen LogP contribution in [0.4, 0.5) is 5.69 Å². The van der Waals surface area contributed by atoms with Crippen molar-refractivity contribution in [1.29, 1.82) is 0 Å². The largest absolute Gasteiger partial charge is 0.464 e. The van der Waals surface area contributed by atoms with Gasteiger partial charge in [0.15, 0.2) is 0 Å². The first-order valence-electron chi connectivity index (χ1n) is 6.64. The van der Waals surface area contributed by atoms with Crippen molar-refractivity contribution >= 4 is 17.6 Å². The van der Waals surface area contributed by atoms with Crippen LogP contribution >= 0.6 is 0 Å². The number of rotatable bonds is 7. The molecule has 1 amide bonds. The Hall–Kier alpha value is -2.11. The van der Waals surface area contributed by atoms with Crippen molar-refractivity contribution < 1.29 is 14.3 Å². The smallest absolute Gasteiger partial charge is 0.356 e. The van der Waals surface area contributed by atoms with Crippen molar-refractivity contribution in [3.05, 3.63) is 24.0 Å². The number of amides is 1. The van der Waals surface area contributed by atoms with Crippen LogP contribution in [0.25, 0.3) is 0 Å². The molecular weight excluding hydrogens is 258 g/mol. The molecule has 0 bridgehead atoms. The lowest BCUT2D eigenvalue weighted by Gasteiger charge is -2.12. The molecule has 0 aliphatic rings. The molecule has 0 radical (unpaired) electrons. The van der Waals surface area contributed by atoms with Gasteiger partial charge in [-0.3, -0.25) is 4.79 Å². The van der Waals surface area contributed by atoms with Crippen LogP contribution < -0.4 is 10.6 Å². The number of anilines is 1. The molecule has 20 heavy (non-hydrogen) atoms. The molecule has 6 nitrogen and oxygen atoms in total. The van der Waals surface area contributed by atoms with Gasteiger partial charge >= 0.3 is 5.97 Å². The average molecular weight is 279 g/mol. The Labute approximate surface area is 118 Å². The highest BCUT2D eigenvalue weighted by molar-refractivity contribution is 5.88. The van der Waals surface area contributed by atoms with Crippen molar-refractivity contribution in [2.24, 2.45) is 0 Å². The molecule has 1 aromatic heterocycles. The van der Waals surface area contributed by atoms with E-state index in [2.05, 4.69) is 20.4 Å². The zero-order valence-corrected chi connectivity index (χ0v) is 12.1. The Bertz CT molecular complexity index is 463. The highest BCUT2D eigenvalue weighted by Crippen LogP contribution is 2.08. The van der Waals surface area contributed by atoms with E-state index in [0.717, 1.165) is 12.1 Å². The monoisotopic (exact) mass is 279 g/mol. The molecule has 0 saturated carbocycles. The highest BCUT2D eigenvalue weighted by Gasteiger charge is 2.08. The Morgan fingerprint density at radius 2 is 2.20 bits per heavy atom. The molecule has 0 saturated heterocycles. The standard InChI is InChI=1S/C14H21N3O3/c1-4-10(2)17-13(18)6-8-15-11-5-7-16-12(9-11)14(19)20-3/h5,7,9-10H,4,6,8H2,1-3H3,(H,15,16)(H,17,18). The SMILES string of the molecule is CCC(C)NC(=O)CCNc1ccnc(C(=O)OC)c1. The first kappa shape index (κ1) is 15.9. The number of carbonyl (C=O) groups excluding carboxylic acids is 2. The minimum absolute atomic E-state index is 0.00842. The molecule has 1 aromatic rings. The summed E-state index contributed by atoms with van der Waals surface area (Å²) in [6, 6.07) is 3.52. The molecule has 1 atom stereocenters. The maximum absolute atomic E-state index is 11.6. The van der Waals surface area contributed by atoms with E-state index in [1.54, 1.807) is 12.1 Å². The number of methoxy groups -OCH3 is 1. The van der Waals surface area contributed by atoms with Crippen LogP contribution in [0.5, 0.6) is 0 Å². The summed E-state index contributed by atoms with van der Waals surface area (Å²) in [7, 11) is 1.31. The van der Waals surface area contributed by atoms with Crippen molar-refractivity contribution in [1.82, 2.24) is 10.3 Å². The van der Waals surface area contributed by atoms with E-state index in [0.29, 0.717) is 13.0 Å². The summed E-state index contributed by atoms with van der Waals surface area (Å²) in [5, 5.41) is 5.97. The third-order valence-electron chi connectivity index (χ3n) is 2.86. The normalized spacial score (nSPS) is 11.6. The lowest BCUT2D eigenvalue weighted by molar-refractivity contribution is -0.121. The van der Waals surface area contributed by atoms with Crippen LogP contribution in [-0.2, 0) is 9.53 Å². The van der Waals surface area contributed by atoms with E-state index < -0.39 is 5.97 Å². The summed E-state index contributed by atoms with van der Waals surface area (Å²) in [5.74, 6) is -0.475. The van der Waals surface area contributed by atoms with Gasteiger partial charge in [-0.1, -0.05) is 6.92 Å². The fourth-order valence-electron chi connectivity index (χ4n) is 1.53. The lowest BCUT2D eigenvalue weighted by atomic mass is 10.2. The van der Waals surface area contributed by atoms with Gasteiger partial charge in [-0.05, 0) is 25.5 Å². The van der Waals surface area contributed by atoms with E-state index in [-0.39, 0.29) is 17.6 Å². The number of carbonyl (C=O) groups is 2. The molecule has 2 N–H and O–H groups in total. The summed E-state index contributed by atoms with van der Waals surface area (Å²) >= 11 is 0. The van der Waals surface area contributed by atoms with Gasteiger partial charge < -0.3 is 15.4 Å². The first-order chi connectivity index (χ1) is 9.56.